The summed E-state index contributed by atoms with van der Waals surface area (Å²) in [5, 5.41) is 0. The third kappa shape index (κ3) is 4.23. The van der Waals surface area contributed by atoms with E-state index in [1.165, 1.54) is 45.2 Å². The van der Waals surface area contributed by atoms with E-state index in [2.05, 4.69) is 11.8 Å². The van der Waals surface area contributed by atoms with Crippen molar-refractivity contribution in [3.63, 3.8) is 0 Å². The van der Waals surface area contributed by atoms with Gasteiger partial charge in [0.2, 0.25) is 0 Å². The molecule has 1 saturated heterocycles. The van der Waals surface area contributed by atoms with E-state index in [9.17, 15) is 0 Å². The summed E-state index contributed by atoms with van der Waals surface area (Å²) < 4.78 is 5.70. The van der Waals surface area contributed by atoms with Gasteiger partial charge in [-0.3, -0.25) is 0 Å². The SMILES string of the molecule is CC1CN(CC2CCC(CN)CC2)CCCO1. The molecule has 0 aromatic heterocycles. The molecule has 1 unspecified atom stereocenters. The molecule has 2 fully saturated rings. The van der Waals surface area contributed by atoms with Crippen molar-refractivity contribution >= 4 is 0 Å². The lowest BCUT2D eigenvalue weighted by Gasteiger charge is -2.32. The van der Waals surface area contributed by atoms with Crippen molar-refractivity contribution < 1.29 is 4.74 Å². The van der Waals surface area contributed by atoms with Crippen LogP contribution in [-0.2, 0) is 4.74 Å². The van der Waals surface area contributed by atoms with Gasteiger partial charge in [0.25, 0.3) is 0 Å². The maximum absolute atomic E-state index is 5.74. The molecule has 0 aromatic carbocycles. The second-order valence-electron chi connectivity index (χ2n) is 5.92. The lowest BCUT2D eigenvalue weighted by atomic mass is 9.82. The summed E-state index contributed by atoms with van der Waals surface area (Å²) in [7, 11) is 0. The number of ether oxygens (including phenoxy) is 1. The minimum Gasteiger partial charge on any atom is -0.377 e. The van der Waals surface area contributed by atoms with Crippen LogP contribution >= 0.6 is 0 Å². The molecule has 100 valence electrons. The molecule has 1 aliphatic heterocycles. The molecule has 1 saturated carbocycles. The molecule has 0 aromatic rings. The Balaban J connectivity index is 1.73. The largest absolute Gasteiger partial charge is 0.377 e. The maximum Gasteiger partial charge on any atom is 0.0673 e. The Morgan fingerprint density at radius 2 is 1.88 bits per heavy atom. The number of nitrogens with two attached hydrogens (primary N) is 1. The second kappa shape index (κ2) is 6.72. The highest BCUT2D eigenvalue weighted by Gasteiger charge is 2.23. The Morgan fingerprint density at radius 1 is 1.18 bits per heavy atom. The van der Waals surface area contributed by atoms with Crippen LogP contribution < -0.4 is 5.73 Å². The zero-order chi connectivity index (χ0) is 12.1. The van der Waals surface area contributed by atoms with E-state index >= 15 is 0 Å². The fraction of sp³-hybridized carbons (Fsp3) is 1.00. The molecule has 1 atom stereocenters. The summed E-state index contributed by atoms with van der Waals surface area (Å²) in [6.07, 6.45) is 7.07. The molecule has 3 nitrogen and oxygen atoms in total. The van der Waals surface area contributed by atoms with Gasteiger partial charge in [-0.25, -0.2) is 0 Å². The molecule has 2 aliphatic rings. The van der Waals surface area contributed by atoms with Crippen molar-refractivity contribution in [3.05, 3.63) is 0 Å². The summed E-state index contributed by atoms with van der Waals surface area (Å²) in [4.78, 5) is 2.62. The fourth-order valence-corrected chi connectivity index (χ4v) is 3.26. The Labute approximate surface area is 106 Å². The Kier molecular flexibility index (Phi) is 5.26. The van der Waals surface area contributed by atoms with Gasteiger partial charge in [0.1, 0.15) is 0 Å². The zero-order valence-corrected chi connectivity index (χ0v) is 11.2. The Morgan fingerprint density at radius 3 is 2.59 bits per heavy atom. The molecule has 2 rings (SSSR count). The van der Waals surface area contributed by atoms with Gasteiger partial charge < -0.3 is 15.4 Å². The quantitative estimate of drug-likeness (QED) is 0.818. The molecule has 17 heavy (non-hydrogen) atoms. The van der Waals surface area contributed by atoms with Crippen molar-refractivity contribution in [3.8, 4) is 0 Å². The third-order valence-electron chi connectivity index (χ3n) is 4.35. The number of hydrogen-bond acceptors (Lipinski definition) is 3. The lowest BCUT2D eigenvalue weighted by molar-refractivity contribution is 0.0637. The van der Waals surface area contributed by atoms with E-state index in [0.717, 1.165) is 31.5 Å². The summed E-state index contributed by atoms with van der Waals surface area (Å²) in [5.74, 6) is 1.71. The Bertz CT molecular complexity index is 214. The zero-order valence-electron chi connectivity index (χ0n) is 11.2. The molecular weight excluding hydrogens is 212 g/mol. The topological polar surface area (TPSA) is 38.5 Å². The minimum absolute atomic E-state index is 0.415. The van der Waals surface area contributed by atoms with Gasteiger partial charge in [-0.2, -0.15) is 0 Å². The lowest BCUT2D eigenvalue weighted by Crippen LogP contribution is -2.36. The summed E-state index contributed by atoms with van der Waals surface area (Å²) >= 11 is 0. The highest BCUT2D eigenvalue weighted by atomic mass is 16.5. The van der Waals surface area contributed by atoms with Crippen molar-refractivity contribution in [1.29, 1.82) is 0 Å². The van der Waals surface area contributed by atoms with Gasteiger partial charge in [-0.15, -0.1) is 0 Å². The van der Waals surface area contributed by atoms with Gasteiger partial charge in [-0.1, -0.05) is 0 Å². The van der Waals surface area contributed by atoms with Gasteiger partial charge in [0.15, 0.2) is 0 Å². The van der Waals surface area contributed by atoms with Crippen molar-refractivity contribution in [2.24, 2.45) is 17.6 Å². The first-order valence-electron chi connectivity index (χ1n) is 7.32. The molecule has 1 aliphatic carbocycles. The molecule has 0 spiro atoms. The predicted molar refractivity (Wildman–Crippen MR) is 71.0 cm³/mol. The maximum atomic E-state index is 5.74. The van der Waals surface area contributed by atoms with E-state index in [0.29, 0.717) is 6.10 Å². The van der Waals surface area contributed by atoms with Gasteiger partial charge in [-0.05, 0) is 57.4 Å². The summed E-state index contributed by atoms with van der Waals surface area (Å²) in [5.41, 5.74) is 5.74. The van der Waals surface area contributed by atoms with E-state index in [-0.39, 0.29) is 0 Å². The van der Waals surface area contributed by atoms with Gasteiger partial charge in [0.05, 0.1) is 6.10 Å². The van der Waals surface area contributed by atoms with Crippen LogP contribution in [0, 0.1) is 11.8 Å². The van der Waals surface area contributed by atoms with Crippen LogP contribution in [-0.4, -0.2) is 43.8 Å². The van der Waals surface area contributed by atoms with Crippen LogP contribution in [0.5, 0.6) is 0 Å². The van der Waals surface area contributed by atoms with E-state index < -0.39 is 0 Å². The fourth-order valence-electron chi connectivity index (χ4n) is 3.26. The molecule has 0 amide bonds. The van der Waals surface area contributed by atoms with Crippen LogP contribution in [0.4, 0.5) is 0 Å². The molecule has 0 radical (unpaired) electrons. The third-order valence-corrected chi connectivity index (χ3v) is 4.35. The van der Waals surface area contributed by atoms with Crippen molar-refractivity contribution in [1.82, 2.24) is 4.90 Å². The van der Waals surface area contributed by atoms with Crippen molar-refractivity contribution in [2.75, 3.05) is 32.8 Å². The average Bonchev–Trinajstić information content (AvgIpc) is 2.55. The molecule has 3 heteroatoms. The number of rotatable bonds is 3. The van der Waals surface area contributed by atoms with Crippen LogP contribution in [0.3, 0.4) is 0 Å². The van der Waals surface area contributed by atoms with Gasteiger partial charge >= 0.3 is 0 Å². The smallest absolute Gasteiger partial charge is 0.0673 e. The Hall–Kier alpha value is -0.120. The first-order valence-corrected chi connectivity index (χ1v) is 7.32. The molecule has 1 heterocycles. The number of nitrogens with zero attached hydrogens (tertiary/aromatic N) is 1. The number of hydrogen-bond donors (Lipinski definition) is 1. The summed E-state index contributed by atoms with van der Waals surface area (Å²) in [6, 6.07) is 0. The molecule has 2 N–H and O–H groups in total. The monoisotopic (exact) mass is 240 g/mol. The van der Waals surface area contributed by atoms with E-state index in [4.69, 9.17) is 10.5 Å². The molecular formula is C14H28N2O. The standard InChI is InChI=1S/C14H28N2O/c1-12-10-16(7-2-8-17-12)11-14-5-3-13(9-15)4-6-14/h12-14H,2-11,15H2,1H3. The average molecular weight is 240 g/mol. The van der Waals surface area contributed by atoms with Crippen LogP contribution in [0.2, 0.25) is 0 Å². The second-order valence-corrected chi connectivity index (χ2v) is 5.92. The highest BCUT2D eigenvalue weighted by molar-refractivity contribution is 4.77. The van der Waals surface area contributed by atoms with Crippen LogP contribution in [0.25, 0.3) is 0 Å². The highest BCUT2D eigenvalue weighted by Crippen LogP contribution is 2.28. The normalized spacial score (nSPS) is 36.7. The first kappa shape index (κ1) is 13.3. The summed E-state index contributed by atoms with van der Waals surface area (Å²) in [6.45, 7) is 7.66. The van der Waals surface area contributed by atoms with Crippen LogP contribution in [0.15, 0.2) is 0 Å². The van der Waals surface area contributed by atoms with E-state index in [1.807, 2.05) is 0 Å². The van der Waals surface area contributed by atoms with Crippen molar-refractivity contribution in [2.45, 2.75) is 45.1 Å². The first-order chi connectivity index (χ1) is 8.28. The van der Waals surface area contributed by atoms with Gasteiger partial charge in [0, 0.05) is 26.2 Å². The molecule has 0 bridgehead atoms. The van der Waals surface area contributed by atoms with Crippen LogP contribution in [0.1, 0.15) is 39.0 Å². The minimum atomic E-state index is 0.415. The predicted octanol–water partition coefficient (Wildman–Crippen LogP) is 1.86. The van der Waals surface area contributed by atoms with E-state index in [1.54, 1.807) is 0 Å².